The number of hydrogen-bond donors (Lipinski definition) is 1. The summed E-state index contributed by atoms with van der Waals surface area (Å²) >= 11 is 0. The Balaban J connectivity index is 1.81. The number of nitrogens with zero attached hydrogens (tertiary/aromatic N) is 3. The molecule has 0 unspecified atom stereocenters. The van der Waals surface area contributed by atoms with Crippen LogP contribution >= 0.6 is 0 Å². The number of benzene rings is 2. The first-order valence-corrected chi connectivity index (χ1v) is 7.57. The summed E-state index contributed by atoms with van der Waals surface area (Å²) in [4.78, 5) is 6.51. The Morgan fingerprint density at radius 3 is 2.52 bits per heavy atom. The van der Waals surface area contributed by atoms with Gasteiger partial charge in [-0.15, -0.1) is 0 Å². The van der Waals surface area contributed by atoms with Crippen LogP contribution in [0.2, 0.25) is 0 Å². The van der Waals surface area contributed by atoms with Crippen LogP contribution in [0, 0.1) is 6.92 Å². The number of anilines is 1. The van der Waals surface area contributed by atoms with Crippen LogP contribution in [-0.4, -0.2) is 28.4 Å². The molecule has 1 N–H and O–H groups in total. The van der Waals surface area contributed by atoms with E-state index in [0.717, 1.165) is 16.8 Å². The van der Waals surface area contributed by atoms with Gasteiger partial charge in [-0.05, 0) is 30.7 Å². The molecule has 0 saturated heterocycles. The van der Waals surface area contributed by atoms with Gasteiger partial charge in [0.25, 0.3) is 5.89 Å². The van der Waals surface area contributed by atoms with Gasteiger partial charge in [0.05, 0.1) is 13.2 Å². The van der Waals surface area contributed by atoms with Crippen LogP contribution in [0.1, 0.15) is 11.4 Å². The van der Waals surface area contributed by atoms with E-state index < -0.39 is 0 Å². The zero-order chi connectivity index (χ0) is 16.1. The maximum absolute atomic E-state index is 9.29. The molecule has 1 aromatic heterocycles. The molecule has 0 aliphatic rings. The SMILES string of the molecule is Cc1ccccc1-c1nc(CN(CCO)c2ccccc2)no1. The Morgan fingerprint density at radius 2 is 1.78 bits per heavy atom. The average molecular weight is 309 g/mol. The van der Waals surface area contributed by atoms with Crippen molar-refractivity contribution in [1.29, 1.82) is 0 Å². The molecule has 0 radical (unpaired) electrons. The summed E-state index contributed by atoms with van der Waals surface area (Å²) in [5, 5.41) is 13.4. The lowest BCUT2D eigenvalue weighted by Crippen LogP contribution is -2.26. The average Bonchev–Trinajstić information content (AvgIpc) is 3.04. The van der Waals surface area contributed by atoms with E-state index in [9.17, 15) is 5.11 Å². The molecular formula is C18H19N3O2. The minimum atomic E-state index is 0.0669. The molecule has 0 spiro atoms. The van der Waals surface area contributed by atoms with E-state index in [1.807, 2.05) is 66.4 Å². The molecule has 3 rings (SSSR count). The Kier molecular flexibility index (Phi) is 4.68. The van der Waals surface area contributed by atoms with Crippen molar-refractivity contribution < 1.29 is 9.63 Å². The molecule has 118 valence electrons. The van der Waals surface area contributed by atoms with Gasteiger partial charge in [-0.2, -0.15) is 4.98 Å². The predicted octanol–water partition coefficient (Wildman–Crippen LogP) is 3.04. The van der Waals surface area contributed by atoms with E-state index >= 15 is 0 Å². The zero-order valence-corrected chi connectivity index (χ0v) is 13.0. The van der Waals surface area contributed by atoms with Gasteiger partial charge < -0.3 is 14.5 Å². The molecule has 2 aromatic carbocycles. The summed E-state index contributed by atoms with van der Waals surface area (Å²) in [6.07, 6.45) is 0. The van der Waals surface area contributed by atoms with Crippen LogP contribution in [-0.2, 0) is 6.54 Å². The summed E-state index contributed by atoms with van der Waals surface area (Å²) < 4.78 is 5.40. The standard InChI is InChI=1S/C18H19N3O2/c1-14-7-5-6-10-16(14)18-19-17(20-23-18)13-21(11-12-22)15-8-3-2-4-9-15/h2-10,22H,11-13H2,1H3. The molecule has 0 aliphatic heterocycles. The molecule has 0 saturated carbocycles. The third-order valence-electron chi connectivity index (χ3n) is 3.67. The number of para-hydroxylation sites is 1. The van der Waals surface area contributed by atoms with E-state index in [2.05, 4.69) is 10.1 Å². The van der Waals surface area contributed by atoms with E-state index in [1.54, 1.807) is 0 Å². The quantitative estimate of drug-likeness (QED) is 0.758. The maximum atomic E-state index is 9.29. The molecule has 1 heterocycles. The number of aliphatic hydroxyl groups excluding tert-OH is 1. The van der Waals surface area contributed by atoms with Gasteiger partial charge >= 0.3 is 0 Å². The number of rotatable bonds is 6. The highest BCUT2D eigenvalue weighted by atomic mass is 16.5. The Bertz CT molecular complexity index is 756. The topological polar surface area (TPSA) is 62.4 Å². The fraction of sp³-hybridized carbons (Fsp3) is 0.222. The highest BCUT2D eigenvalue weighted by molar-refractivity contribution is 5.57. The van der Waals surface area contributed by atoms with Gasteiger partial charge in [0.2, 0.25) is 0 Å². The molecular weight excluding hydrogens is 290 g/mol. The molecule has 23 heavy (non-hydrogen) atoms. The molecule has 0 bridgehead atoms. The number of hydrogen-bond acceptors (Lipinski definition) is 5. The van der Waals surface area contributed by atoms with Crippen LogP contribution < -0.4 is 4.90 Å². The Hall–Kier alpha value is -2.66. The first-order chi connectivity index (χ1) is 11.3. The lowest BCUT2D eigenvalue weighted by molar-refractivity contribution is 0.301. The summed E-state index contributed by atoms with van der Waals surface area (Å²) in [5.74, 6) is 1.12. The monoisotopic (exact) mass is 309 g/mol. The summed E-state index contributed by atoms with van der Waals surface area (Å²) in [7, 11) is 0. The van der Waals surface area contributed by atoms with Crippen molar-refractivity contribution in [2.45, 2.75) is 13.5 Å². The van der Waals surface area contributed by atoms with Crippen LogP contribution in [0.5, 0.6) is 0 Å². The number of aryl methyl sites for hydroxylation is 1. The Morgan fingerprint density at radius 1 is 1.04 bits per heavy atom. The molecule has 3 aromatic rings. The normalized spacial score (nSPS) is 10.7. The van der Waals surface area contributed by atoms with E-state index in [1.165, 1.54) is 0 Å². The van der Waals surface area contributed by atoms with Crippen LogP contribution in [0.4, 0.5) is 5.69 Å². The van der Waals surface area contributed by atoms with Crippen LogP contribution in [0.3, 0.4) is 0 Å². The summed E-state index contributed by atoms with van der Waals surface area (Å²) in [6.45, 7) is 3.08. The van der Waals surface area contributed by atoms with Crippen molar-refractivity contribution in [3.05, 3.63) is 66.0 Å². The van der Waals surface area contributed by atoms with Gasteiger partial charge in [0.15, 0.2) is 5.82 Å². The number of aromatic nitrogens is 2. The van der Waals surface area contributed by atoms with Gasteiger partial charge in [0, 0.05) is 17.8 Å². The molecule has 0 fully saturated rings. The van der Waals surface area contributed by atoms with Crippen molar-refractivity contribution in [1.82, 2.24) is 10.1 Å². The van der Waals surface area contributed by atoms with Crippen molar-refractivity contribution in [3.8, 4) is 11.5 Å². The Labute approximate surface area is 135 Å². The van der Waals surface area contributed by atoms with Crippen molar-refractivity contribution in [2.24, 2.45) is 0 Å². The fourth-order valence-electron chi connectivity index (χ4n) is 2.47. The van der Waals surface area contributed by atoms with Crippen molar-refractivity contribution in [2.75, 3.05) is 18.1 Å². The molecule has 5 nitrogen and oxygen atoms in total. The van der Waals surface area contributed by atoms with Gasteiger partial charge in [-0.3, -0.25) is 0 Å². The molecule has 0 atom stereocenters. The third-order valence-corrected chi connectivity index (χ3v) is 3.67. The second-order valence-corrected chi connectivity index (χ2v) is 5.31. The van der Waals surface area contributed by atoms with Gasteiger partial charge in [-0.25, -0.2) is 0 Å². The van der Waals surface area contributed by atoms with Crippen molar-refractivity contribution >= 4 is 5.69 Å². The zero-order valence-electron chi connectivity index (χ0n) is 13.0. The van der Waals surface area contributed by atoms with Gasteiger partial charge in [0.1, 0.15) is 0 Å². The second kappa shape index (κ2) is 7.07. The minimum Gasteiger partial charge on any atom is -0.395 e. The van der Waals surface area contributed by atoms with E-state index in [0.29, 0.717) is 24.8 Å². The molecule has 0 amide bonds. The van der Waals surface area contributed by atoms with Crippen LogP contribution in [0.25, 0.3) is 11.5 Å². The first-order valence-electron chi connectivity index (χ1n) is 7.57. The predicted molar refractivity (Wildman–Crippen MR) is 89.0 cm³/mol. The lowest BCUT2D eigenvalue weighted by Gasteiger charge is -2.22. The fourth-order valence-corrected chi connectivity index (χ4v) is 2.47. The summed E-state index contributed by atoms with van der Waals surface area (Å²) in [5.41, 5.74) is 3.06. The maximum Gasteiger partial charge on any atom is 0.258 e. The highest BCUT2D eigenvalue weighted by Crippen LogP contribution is 2.22. The number of aliphatic hydroxyl groups is 1. The van der Waals surface area contributed by atoms with Crippen LogP contribution in [0.15, 0.2) is 59.1 Å². The third kappa shape index (κ3) is 3.57. The van der Waals surface area contributed by atoms with E-state index in [4.69, 9.17) is 4.52 Å². The minimum absolute atomic E-state index is 0.0669. The second-order valence-electron chi connectivity index (χ2n) is 5.31. The largest absolute Gasteiger partial charge is 0.395 e. The highest BCUT2D eigenvalue weighted by Gasteiger charge is 2.14. The first kappa shape index (κ1) is 15.2. The van der Waals surface area contributed by atoms with Crippen molar-refractivity contribution in [3.63, 3.8) is 0 Å². The van der Waals surface area contributed by atoms with E-state index in [-0.39, 0.29) is 6.61 Å². The lowest BCUT2D eigenvalue weighted by atomic mass is 10.1. The molecule has 0 aliphatic carbocycles. The smallest absolute Gasteiger partial charge is 0.258 e. The van der Waals surface area contributed by atoms with Gasteiger partial charge in [-0.1, -0.05) is 41.6 Å². The molecule has 5 heteroatoms. The summed E-state index contributed by atoms with van der Waals surface area (Å²) in [6, 6.07) is 17.8.